The Labute approximate surface area is 251 Å². The Hall–Kier alpha value is -2.78. The van der Waals surface area contributed by atoms with Gasteiger partial charge < -0.3 is 10.2 Å². The minimum absolute atomic E-state index is 0.00147. The maximum absolute atomic E-state index is 14.1. The number of hydrogen-bond donors (Lipinski definition) is 1. The van der Waals surface area contributed by atoms with Crippen LogP contribution in [0, 0.1) is 0 Å². The molecule has 7 nitrogen and oxygen atoms in total. The lowest BCUT2D eigenvalue weighted by Crippen LogP contribution is -2.53. The lowest BCUT2D eigenvalue weighted by Gasteiger charge is -2.34. The maximum Gasteiger partial charge on any atom is 0.264 e. The first kappa shape index (κ1) is 31.7. The number of amides is 2. The van der Waals surface area contributed by atoms with Crippen molar-refractivity contribution in [2.45, 2.75) is 57.1 Å². The molecule has 11 heteroatoms. The fourth-order valence-corrected chi connectivity index (χ4v) is 6.30. The zero-order valence-electron chi connectivity index (χ0n) is 22.5. The van der Waals surface area contributed by atoms with E-state index in [1.807, 2.05) is 13.8 Å². The number of carbonyl (C=O) groups is 2. The van der Waals surface area contributed by atoms with Crippen molar-refractivity contribution in [2.24, 2.45) is 0 Å². The van der Waals surface area contributed by atoms with Crippen molar-refractivity contribution in [3.63, 3.8) is 0 Å². The van der Waals surface area contributed by atoms with Gasteiger partial charge in [0.05, 0.1) is 15.6 Å². The van der Waals surface area contributed by atoms with Gasteiger partial charge in [0.1, 0.15) is 12.6 Å². The number of benzene rings is 3. The van der Waals surface area contributed by atoms with Crippen LogP contribution in [-0.4, -0.2) is 43.8 Å². The fraction of sp³-hybridized carbons (Fsp3) is 0.310. The van der Waals surface area contributed by atoms with E-state index in [0.29, 0.717) is 28.5 Å². The van der Waals surface area contributed by atoms with Gasteiger partial charge in [0.25, 0.3) is 10.0 Å². The second kappa shape index (κ2) is 14.2. The van der Waals surface area contributed by atoms with E-state index in [1.165, 1.54) is 35.2 Å². The molecule has 0 saturated heterocycles. The summed E-state index contributed by atoms with van der Waals surface area (Å²) < 4.78 is 28.7. The van der Waals surface area contributed by atoms with Crippen LogP contribution in [0.4, 0.5) is 5.69 Å². The van der Waals surface area contributed by atoms with Crippen LogP contribution in [0.25, 0.3) is 0 Å². The smallest absolute Gasteiger partial charge is 0.264 e. The number of rotatable bonds is 12. The number of sulfonamides is 1. The first-order valence-electron chi connectivity index (χ1n) is 12.9. The summed E-state index contributed by atoms with van der Waals surface area (Å²) in [5.41, 5.74) is 0.701. The third kappa shape index (κ3) is 7.69. The van der Waals surface area contributed by atoms with Gasteiger partial charge in [-0.1, -0.05) is 85.0 Å². The van der Waals surface area contributed by atoms with E-state index in [2.05, 4.69) is 5.32 Å². The predicted molar refractivity (Wildman–Crippen MR) is 161 cm³/mol. The molecule has 0 saturated carbocycles. The first-order chi connectivity index (χ1) is 19.0. The van der Waals surface area contributed by atoms with Gasteiger partial charge in [-0.3, -0.25) is 13.9 Å². The third-order valence-corrected chi connectivity index (χ3v) is 9.15. The highest BCUT2D eigenvalue weighted by molar-refractivity contribution is 7.92. The Bertz CT molecular complexity index is 1440. The molecular weight excluding hydrogens is 593 g/mol. The summed E-state index contributed by atoms with van der Waals surface area (Å²) >= 11 is 18.9. The molecule has 1 N–H and O–H groups in total. The minimum Gasteiger partial charge on any atom is -0.352 e. The highest BCUT2D eigenvalue weighted by atomic mass is 35.5. The zero-order valence-corrected chi connectivity index (χ0v) is 25.6. The van der Waals surface area contributed by atoms with Gasteiger partial charge in [0, 0.05) is 22.6 Å². The summed E-state index contributed by atoms with van der Waals surface area (Å²) in [6.07, 6.45) is 1.00. The molecule has 3 aromatic rings. The molecule has 0 fully saturated rings. The molecule has 40 heavy (non-hydrogen) atoms. The third-order valence-electron chi connectivity index (χ3n) is 6.47. The molecule has 3 rings (SSSR count). The number of nitrogens with one attached hydrogen (secondary N) is 1. The molecule has 0 radical (unpaired) electrons. The topological polar surface area (TPSA) is 86.8 Å². The monoisotopic (exact) mass is 623 g/mol. The molecule has 0 aliphatic heterocycles. The number of halogens is 3. The molecule has 0 heterocycles. The van der Waals surface area contributed by atoms with Crippen LogP contribution in [0.15, 0.2) is 77.7 Å². The van der Waals surface area contributed by atoms with Crippen molar-refractivity contribution in [1.82, 2.24) is 10.2 Å². The van der Waals surface area contributed by atoms with Crippen LogP contribution >= 0.6 is 34.8 Å². The Kier molecular flexibility index (Phi) is 11.3. The van der Waals surface area contributed by atoms with E-state index in [9.17, 15) is 18.0 Å². The summed E-state index contributed by atoms with van der Waals surface area (Å²) in [6, 6.07) is 18.1. The summed E-state index contributed by atoms with van der Waals surface area (Å²) in [5.74, 6) is -0.934. The summed E-state index contributed by atoms with van der Waals surface area (Å²) in [6.45, 7) is 5.00. The van der Waals surface area contributed by atoms with E-state index in [4.69, 9.17) is 34.8 Å². The van der Waals surface area contributed by atoms with Crippen molar-refractivity contribution in [1.29, 1.82) is 0 Å². The van der Waals surface area contributed by atoms with Crippen molar-refractivity contribution < 1.29 is 18.0 Å². The summed E-state index contributed by atoms with van der Waals surface area (Å²) in [5, 5.41) is 3.73. The SMILES string of the molecule is CC[C@H](C)NC(=O)[C@H](CC)N(Cc1ccccc1Cl)C(=O)CN(c1ccc(Cl)cc1Cl)S(=O)(=O)c1ccccc1. The second-order valence-corrected chi connectivity index (χ2v) is 12.4. The number of anilines is 1. The predicted octanol–water partition coefficient (Wildman–Crippen LogP) is 6.56. The normalized spacial score (nSPS) is 12.8. The van der Waals surface area contributed by atoms with Gasteiger partial charge in [-0.2, -0.15) is 0 Å². The maximum atomic E-state index is 14.1. The van der Waals surface area contributed by atoms with Gasteiger partial charge in [-0.25, -0.2) is 8.42 Å². The molecule has 0 spiro atoms. The summed E-state index contributed by atoms with van der Waals surface area (Å²) in [4.78, 5) is 28.8. The standard InChI is InChI=1S/C29H32Cl3N3O4S/c1-4-20(3)33-29(37)26(5-2)34(18-21-11-9-10-14-24(21)31)28(36)19-35(27-16-15-22(30)17-25(27)32)40(38,39)23-12-7-6-8-13-23/h6-17,20,26H,4-5,18-19H2,1-3H3,(H,33,37)/t20-,26-/m0/s1. The molecule has 214 valence electrons. The van der Waals surface area contributed by atoms with Crippen LogP contribution in [0.2, 0.25) is 15.1 Å². The number of nitrogens with zero attached hydrogens (tertiary/aromatic N) is 2. The Balaban J connectivity index is 2.09. The highest BCUT2D eigenvalue weighted by Gasteiger charge is 2.34. The lowest BCUT2D eigenvalue weighted by molar-refractivity contribution is -0.140. The Morgan fingerprint density at radius 2 is 1.52 bits per heavy atom. The molecule has 0 aromatic heterocycles. The van der Waals surface area contributed by atoms with E-state index in [-0.39, 0.29) is 34.1 Å². The first-order valence-corrected chi connectivity index (χ1v) is 15.4. The van der Waals surface area contributed by atoms with Gasteiger partial charge in [-0.15, -0.1) is 0 Å². The summed E-state index contributed by atoms with van der Waals surface area (Å²) in [7, 11) is -4.24. The van der Waals surface area contributed by atoms with E-state index in [0.717, 1.165) is 4.31 Å². The Morgan fingerprint density at radius 3 is 2.12 bits per heavy atom. The van der Waals surface area contributed by atoms with Crippen molar-refractivity contribution in [2.75, 3.05) is 10.8 Å². The molecule has 2 atom stereocenters. The van der Waals surface area contributed by atoms with Gasteiger partial charge in [0.2, 0.25) is 11.8 Å². The van der Waals surface area contributed by atoms with Crippen LogP contribution in [0.5, 0.6) is 0 Å². The quantitative estimate of drug-likeness (QED) is 0.247. The van der Waals surface area contributed by atoms with Crippen molar-refractivity contribution >= 4 is 62.3 Å². The van der Waals surface area contributed by atoms with Gasteiger partial charge in [0.15, 0.2) is 0 Å². The van der Waals surface area contributed by atoms with Crippen LogP contribution in [-0.2, 0) is 26.2 Å². The van der Waals surface area contributed by atoms with Gasteiger partial charge >= 0.3 is 0 Å². The molecule has 0 aliphatic rings. The molecule has 0 aliphatic carbocycles. The second-order valence-electron chi connectivity index (χ2n) is 9.28. The largest absolute Gasteiger partial charge is 0.352 e. The molecule has 3 aromatic carbocycles. The molecule has 0 bridgehead atoms. The molecular formula is C29H32Cl3N3O4S. The van der Waals surface area contributed by atoms with E-state index < -0.39 is 28.5 Å². The Morgan fingerprint density at radius 1 is 0.875 bits per heavy atom. The van der Waals surface area contributed by atoms with Crippen LogP contribution < -0.4 is 9.62 Å². The highest BCUT2D eigenvalue weighted by Crippen LogP contribution is 2.33. The zero-order chi connectivity index (χ0) is 29.4. The molecule has 2 amide bonds. The average molecular weight is 625 g/mol. The van der Waals surface area contributed by atoms with Crippen LogP contribution in [0.3, 0.4) is 0 Å². The lowest BCUT2D eigenvalue weighted by atomic mass is 10.1. The van der Waals surface area contributed by atoms with E-state index >= 15 is 0 Å². The molecule has 0 unspecified atom stereocenters. The van der Waals surface area contributed by atoms with Crippen LogP contribution in [0.1, 0.15) is 39.2 Å². The minimum atomic E-state index is -4.24. The van der Waals surface area contributed by atoms with Gasteiger partial charge in [-0.05, 0) is 61.7 Å². The number of carbonyl (C=O) groups excluding carboxylic acids is 2. The van der Waals surface area contributed by atoms with E-state index in [1.54, 1.807) is 49.4 Å². The van der Waals surface area contributed by atoms with Crippen molar-refractivity contribution in [3.8, 4) is 0 Å². The number of hydrogen-bond acceptors (Lipinski definition) is 4. The van der Waals surface area contributed by atoms with Crippen molar-refractivity contribution in [3.05, 3.63) is 93.4 Å². The average Bonchev–Trinajstić information content (AvgIpc) is 2.93. The fourth-order valence-electron chi connectivity index (χ4n) is 4.09.